The molecule has 100 valence electrons. The lowest BCUT2D eigenvalue weighted by atomic mass is 10.1. The van der Waals surface area contributed by atoms with E-state index in [0.29, 0.717) is 0 Å². The molecule has 0 heterocycles. The van der Waals surface area contributed by atoms with Crippen LogP contribution in [-0.2, 0) is 9.53 Å². The van der Waals surface area contributed by atoms with Gasteiger partial charge in [-0.2, -0.15) is 13.2 Å². The number of carbonyl (C=O) groups is 1. The lowest BCUT2D eigenvalue weighted by Crippen LogP contribution is -2.38. The Hall–Kier alpha value is -1.51. The number of rotatable bonds is 6. The van der Waals surface area contributed by atoms with Crippen LogP contribution in [0.4, 0.5) is 13.2 Å². The molecule has 0 saturated carbocycles. The number of hydrogen-bond donors (Lipinski definition) is 3. The van der Waals surface area contributed by atoms with Gasteiger partial charge in [0.1, 0.15) is 6.61 Å². The molecule has 4 N–H and O–H groups in total. The van der Waals surface area contributed by atoms with E-state index in [1.54, 1.807) is 0 Å². The summed E-state index contributed by atoms with van der Waals surface area (Å²) >= 11 is 0. The van der Waals surface area contributed by atoms with Gasteiger partial charge in [-0.15, -0.1) is 0 Å². The molecule has 0 rings (SSSR count). The fourth-order valence-electron chi connectivity index (χ4n) is 0.808. The Labute approximate surface area is 95.6 Å². The molecule has 1 atom stereocenters. The molecule has 17 heavy (non-hydrogen) atoms. The first kappa shape index (κ1) is 15.5. The minimum absolute atomic E-state index is 0.0854. The second-order valence-electron chi connectivity index (χ2n) is 3.21. The van der Waals surface area contributed by atoms with Gasteiger partial charge in [0, 0.05) is 6.54 Å². The first-order valence-corrected chi connectivity index (χ1v) is 4.67. The van der Waals surface area contributed by atoms with Crippen molar-refractivity contribution in [3.63, 3.8) is 0 Å². The number of halogens is 3. The van der Waals surface area contributed by atoms with Gasteiger partial charge < -0.3 is 21.0 Å². The van der Waals surface area contributed by atoms with E-state index in [2.05, 4.69) is 15.2 Å². The number of carbonyl (C=O) groups excluding carboxylic acids is 1. The van der Waals surface area contributed by atoms with Crippen molar-refractivity contribution >= 4 is 11.7 Å². The first-order chi connectivity index (χ1) is 7.78. The maximum atomic E-state index is 11.6. The maximum absolute atomic E-state index is 11.6. The van der Waals surface area contributed by atoms with Gasteiger partial charge in [0.15, 0.2) is 5.84 Å². The van der Waals surface area contributed by atoms with Gasteiger partial charge in [0.25, 0.3) is 0 Å². The highest BCUT2D eigenvalue weighted by Gasteiger charge is 2.27. The Bertz CT molecular complexity index is 281. The second-order valence-corrected chi connectivity index (χ2v) is 3.21. The number of ether oxygens (including phenoxy) is 1. The van der Waals surface area contributed by atoms with Gasteiger partial charge in [-0.25, -0.2) is 0 Å². The lowest BCUT2D eigenvalue weighted by Gasteiger charge is -2.11. The lowest BCUT2D eigenvalue weighted by molar-refractivity contribution is -0.173. The molecule has 0 aliphatic carbocycles. The summed E-state index contributed by atoms with van der Waals surface area (Å²) in [6, 6.07) is 0. The van der Waals surface area contributed by atoms with Gasteiger partial charge in [-0.3, -0.25) is 4.79 Å². The van der Waals surface area contributed by atoms with Crippen LogP contribution in [0.25, 0.3) is 0 Å². The summed E-state index contributed by atoms with van der Waals surface area (Å²) in [5, 5.41) is 13.2. The van der Waals surface area contributed by atoms with Crippen molar-refractivity contribution in [3.05, 3.63) is 0 Å². The Kier molecular flexibility index (Phi) is 6.33. The molecule has 1 amide bonds. The predicted octanol–water partition coefficient (Wildman–Crippen LogP) is 0.0640. The Morgan fingerprint density at radius 1 is 1.59 bits per heavy atom. The fourth-order valence-corrected chi connectivity index (χ4v) is 0.808. The molecule has 0 aliphatic heterocycles. The van der Waals surface area contributed by atoms with E-state index >= 15 is 0 Å². The first-order valence-electron chi connectivity index (χ1n) is 4.67. The zero-order valence-corrected chi connectivity index (χ0v) is 9.12. The molecule has 9 heteroatoms. The Morgan fingerprint density at radius 2 is 2.18 bits per heavy atom. The third-order valence-corrected chi connectivity index (χ3v) is 1.76. The minimum atomic E-state index is -4.38. The summed E-state index contributed by atoms with van der Waals surface area (Å²) in [6.07, 6.45) is -4.38. The summed E-state index contributed by atoms with van der Waals surface area (Å²) in [5.41, 5.74) is 5.16. The SMILES string of the molecule is CC(C(=O)NCCOCC(F)(F)F)/C(N)=N/O. The smallest absolute Gasteiger partial charge is 0.409 e. The van der Waals surface area contributed by atoms with Crippen LogP contribution in [0.15, 0.2) is 5.16 Å². The van der Waals surface area contributed by atoms with Crippen LogP contribution in [0.3, 0.4) is 0 Å². The highest BCUT2D eigenvalue weighted by Crippen LogP contribution is 2.13. The summed E-state index contributed by atoms with van der Waals surface area (Å²) in [7, 11) is 0. The maximum Gasteiger partial charge on any atom is 0.411 e. The fraction of sp³-hybridized carbons (Fsp3) is 0.750. The van der Waals surface area contributed by atoms with E-state index in [-0.39, 0.29) is 19.0 Å². The van der Waals surface area contributed by atoms with Gasteiger partial charge in [0.05, 0.1) is 12.5 Å². The quantitative estimate of drug-likeness (QED) is 0.206. The minimum Gasteiger partial charge on any atom is -0.409 e. The number of hydrogen-bond acceptors (Lipinski definition) is 4. The molecule has 0 bridgehead atoms. The summed E-state index contributed by atoms with van der Waals surface area (Å²) in [6.45, 7) is -0.328. The average Bonchev–Trinajstić information content (AvgIpc) is 2.24. The van der Waals surface area contributed by atoms with E-state index < -0.39 is 24.6 Å². The number of oxime groups is 1. The van der Waals surface area contributed by atoms with Crippen molar-refractivity contribution in [3.8, 4) is 0 Å². The predicted molar refractivity (Wildman–Crippen MR) is 52.5 cm³/mol. The normalized spacial score (nSPS) is 14.5. The molecule has 0 aromatic heterocycles. The van der Waals surface area contributed by atoms with Crippen LogP contribution < -0.4 is 11.1 Å². The third-order valence-electron chi connectivity index (χ3n) is 1.76. The standard InChI is InChI=1S/C8H14F3N3O3/c1-5(6(12)14-16)7(15)13-2-3-17-4-8(9,10)11/h5,16H,2-4H2,1H3,(H2,12,14)(H,13,15). The van der Waals surface area contributed by atoms with E-state index in [0.717, 1.165) is 0 Å². The van der Waals surface area contributed by atoms with E-state index in [4.69, 9.17) is 10.9 Å². The zero-order valence-electron chi connectivity index (χ0n) is 9.12. The average molecular weight is 257 g/mol. The largest absolute Gasteiger partial charge is 0.411 e. The monoisotopic (exact) mass is 257 g/mol. The number of alkyl halides is 3. The summed E-state index contributed by atoms with van der Waals surface area (Å²) in [5.74, 6) is -1.70. The van der Waals surface area contributed by atoms with Gasteiger partial charge in [-0.05, 0) is 6.92 Å². The van der Waals surface area contributed by atoms with Crippen LogP contribution in [0.1, 0.15) is 6.92 Å². The number of amides is 1. The van der Waals surface area contributed by atoms with Crippen LogP contribution >= 0.6 is 0 Å². The topological polar surface area (TPSA) is 96.9 Å². The Balaban J connectivity index is 3.73. The molecule has 0 spiro atoms. The molecule has 0 saturated heterocycles. The molecule has 0 aromatic carbocycles. The van der Waals surface area contributed by atoms with E-state index in [1.807, 2.05) is 0 Å². The van der Waals surface area contributed by atoms with Gasteiger partial charge in [0.2, 0.25) is 5.91 Å². The molecule has 0 radical (unpaired) electrons. The number of nitrogens with two attached hydrogens (primary N) is 1. The van der Waals surface area contributed by atoms with Crippen LogP contribution in [-0.4, -0.2) is 42.9 Å². The molecule has 0 aliphatic rings. The zero-order chi connectivity index (χ0) is 13.5. The van der Waals surface area contributed by atoms with Crippen LogP contribution in [0.2, 0.25) is 0 Å². The summed E-state index contributed by atoms with van der Waals surface area (Å²) < 4.78 is 39.2. The molecular formula is C8H14F3N3O3. The number of nitrogens with one attached hydrogen (secondary N) is 1. The second kappa shape index (κ2) is 6.94. The van der Waals surface area contributed by atoms with Crippen molar-refractivity contribution in [2.45, 2.75) is 13.1 Å². The molecule has 6 nitrogen and oxygen atoms in total. The van der Waals surface area contributed by atoms with Gasteiger partial charge >= 0.3 is 6.18 Å². The highest BCUT2D eigenvalue weighted by atomic mass is 19.4. The van der Waals surface area contributed by atoms with Crippen molar-refractivity contribution in [2.24, 2.45) is 16.8 Å². The Morgan fingerprint density at radius 3 is 2.65 bits per heavy atom. The van der Waals surface area contributed by atoms with Gasteiger partial charge in [-0.1, -0.05) is 5.16 Å². The van der Waals surface area contributed by atoms with Crippen molar-refractivity contribution in [2.75, 3.05) is 19.8 Å². The number of nitrogens with zero attached hydrogens (tertiary/aromatic N) is 1. The van der Waals surface area contributed by atoms with Crippen molar-refractivity contribution < 1.29 is 27.9 Å². The van der Waals surface area contributed by atoms with Crippen molar-refractivity contribution in [1.82, 2.24) is 5.32 Å². The number of amidine groups is 1. The van der Waals surface area contributed by atoms with E-state index in [1.165, 1.54) is 6.92 Å². The third kappa shape index (κ3) is 7.39. The molecule has 0 aromatic rings. The highest BCUT2D eigenvalue weighted by molar-refractivity contribution is 6.01. The van der Waals surface area contributed by atoms with Crippen molar-refractivity contribution in [1.29, 1.82) is 0 Å². The van der Waals surface area contributed by atoms with E-state index in [9.17, 15) is 18.0 Å². The molecule has 0 fully saturated rings. The summed E-state index contributed by atoms with van der Waals surface area (Å²) in [4.78, 5) is 11.2. The van der Waals surface area contributed by atoms with Crippen LogP contribution in [0.5, 0.6) is 0 Å². The molecule has 1 unspecified atom stereocenters. The van der Waals surface area contributed by atoms with Crippen LogP contribution in [0, 0.1) is 5.92 Å². The molecular weight excluding hydrogens is 243 g/mol.